The Morgan fingerprint density at radius 2 is 1.93 bits per heavy atom. The van der Waals surface area contributed by atoms with Gasteiger partial charge in [0.15, 0.2) is 0 Å². The number of aliphatic carboxylic acids is 1. The Morgan fingerprint density at radius 1 is 1.19 bits per heavy atom. The molecule has 0 unspecified atom stereocenters. The van der Waals surface area contributed by atoms with Crippen LogP contribution in [0, 0.1) is 11.2 Å². The topological polar surface area (TPSA) is 57.6 Å². The van der Waals surface area contributed by atoms with Gasteiger partial charge in [-0.2, -0.15) is 0 Å². The van der Waals surface area contributed by atoms with Crippen molar-refractivity contribution >= 4 is 23.5 Å². The standard InChI is InChI=1S/C21H19ClFNO3/c22-14-6-8-16(17(23)10-14)19(25)24-15-7-9-18(24)21(12-15,20(26)27)11-13-4-2-1-3-5-13/h1-6,8,10,15,18H,7,9,11-12H2,(H,26,27)/t15-,18+,21+/m0/s1. The van der Waals surface area contributed by atoms with Crippen LogP contribution in [-0.4, -0.2) is 34.0 Å². The minimum absolute atomic E-state index is 0.0581. The van der Waals surface area contributed by atoms with Gasteiger partial charge in [0.25, 0.3) is 5.91 Å². The van der Waals surface area contributed by atoms with Gasteiger partial charge in [-0.1, -0.05) is 41.9 Å². The second kappa shape index (κ2) is 6.64. The molecule has 2 aliphatic heterocycles. The SMILES string of the molecule is O=C(c1ccc(Cl)cc1F)N1[C@H]2CC[C@@H]1[C@](Cc1ccccc1)(C(=O)O)C2. The minimum atomic E-state index is -1.04. The lowest BCUT2D eigenvalue weighted by Crippen LogP contribution is -2.46. The van der Waals surface area contributed by atoms with Crippen LogP contribution in [0.15, 0.2) is 48.5 Å². The number of carboxylic acid groups (broad SMARTS) is 1. The fourth-order valence-electron chi connectivity index (χ4n) is 4.75. The molecule has 0 aromatic heterocycles. The first-order valence-corrected chi connectivity index (χ1v) is 9.35. The number of nitrogens with zero attached hydrogens (tertiary/aromatic N) is 1. The van der Waals surface area contributed by atoms with E-state index in [0.717, 1.165) is 18.1 Å². The molecule has 1 N–H and O–H groups in total. The highest BCUT2D eigenvalue weighted by Crippen LogP contribution is 2.52. The van der Waals surface area contributed by atoms with Gasteiger partial charge in [0, 0.05) is 17.1 Å². The van der Waals surface area contributed by atoms with Gasteiger partial charge < -0.3 is 10.0 Å². The normalized spacial score (nSPS) is 26.4. The minimum Gasteiger partial charge on any atom is -0.481 e. The molecule has 4 rings (SSSR count). The predicted molar refractivity (Wildman–Crippen MR) is 99.2 cm³/mol. The molecule has 4 nitrogen and oxygen atoms in total. The van der Waals surface area contributed by atoms with Crippen molar-refractivity contribution in [2.24, 2.45) is 5.41 Å². The van der Waals surface area contributed by atoms with Crippen molar-refractivity contribution in [2.45, 2.75) is 37.8 Å². The first-order valence-electron chi connectivity index (χ1n) is 8.97. The van der Waals surface area contributed by atoms with E-state index >= 15 is 0 Å². The van der Waals surface area contributed by atoms with Crippen LogP contribution in [0.3, 0.4) is 0 Å². The van der Waals surface area contributed by atoms with E-state index in [0.29, 0.717) is 19.3 Å². The van der Waals surface area contributed by atoms with E-state index < -0.39 is 29.2 Å². The van der Waals surface area contributed by atoms with Crippen LogP contribution in [0.5, 0.6) is 0 Å². The van der Waals surface area contributed by atoms with E-state index in [1.807, 2.05) is 30.3 Å². The molecular weight excluding hydrogens is 369 g/mol. The summed E-state index contributed by atoms with van der Waals surface area (Å²) in [5.41, 5.74) is -0.169. The summed E-state index contributed by atoms with van der Waals surface area (Å²) >= 11 is 5.79. The third kappa shape index (κ3) is 2.90. The van der Waals surface area contributed by atoms with Gasteiger partial charge in [-0.3, -0.25) is 9.59 Å². The number of carbonyl (C=O) groups is 2. The fourth-order valence-corrected chi connectivity index (χ4v) is 4.91. The third-order valence-electron chi connectivity index (χ3n) is 5.92. The number of hydrogen-bond donors (Lipinski definition) is 1. The van der Waals surface area contributed by atoms with Crippen LogP contribution >= 0.6 is 11.6 Å². The lowest BCUT2D eigenvalue weighted by molar-refractivity contribution is -0.150. The third-order valence-corrected chi connectivity index (χ3v) is 6.16. The van der Waals surface area contributed by atoms with E-state index in [9.17, 15) is 19.1 Å². The summed E-state index contributed by atoms with van der Waals surface area (Å²) in [5.74, 6) is -2.02. The Morgan fingerprint density at radius 3 is 2.59 bits per heavy atom. The number of carbonyl (C=O) groups excluding carboxylic acids is 1. The van der Waals surface area contributed by atoms with Crippen molar-refractivity contribution in [1.29, 1.82) is 0 Å². The molecule has 0 spiro atoms. The Labute approximate surface area is 161 Å². The van der Waals surface area contributed by atoms with E-state index in [1.165, 1.54) is 12.1 Å². The molecule has 2 fully saturated rings. The number of benzene rings is 2. The lowest BCUT2D eigenvalue weighted by atomic mass is 9.70. The summed E-state index contributed by atoms with van der Waals surface area (Å²) in [7, 11) is 0. The highest BCUT2D eigenvalue weighted by molar-refractivity contribution is 6.30. The number of fused-ring (bicyclic) bond motifs is 2. The molecule has 1 amide bonds. The van der Waals surface area contributed by atoms with E-state index in [-0.39, 0.29) is 16.6 Å². The molecule has 2 bridgehead atoms. The summed E-state index contributed by atoms with van der Waals surface area (Å²) in [6.07, 6.45) is 2.11. The number of halogens is 2. The maximum Gasteiger partial charge on any atom is 0.312 e. The summed E-state index contributed by atoms with van der Waals surface area (Å²) in [4.78, 5) is 27.0. The summed E-state index contributed by atoms with van der Waals surface area (Å²) < 4.78 is 14.3. The van der Waals surface area contributed by atoms with Crippen LogP contribution < -0.4 is 0 Å². The van der Waals surface area contributed by atoms with Crippen LogP contribution in [0.2, 0.25) is 5.02 Å². The largest absolute Gasteiger partial charge is 0.481 e. The number of hydrogen-bond acceptors (Lipinski definition) is 2. The summed E-state index contributed by atoms with van der Waals surface area (Å²) in [5, 5.41) is 10.3. The van der Waals surface area contributed by atoms with Gasteiger partial charge >= 0.3 is 5.97 Å². The molecule has 27 heavy (non-hydrogen) atoms. The number of carboxylic acids is 1. The van der Waals surface area contributed by atoms with Crippen LogP contribution in [0.25, 0.3) is 0 Å². The fraction of sp³-hybridized carbons (Fsp3) is 0.333. The van der Waals surface area contributed by atoms with Crippen molar-refractivity contribution in [3.8, 4) is 0 Å². The molecule has 2 aliphatic rings. The second-order valence-corrected chi connectivity index (χ2v) is 7.85. The lowest BCUT2D eigenvalue weighted by Gasteiger charge is -2.33. The molecule has 0 radical (unpaired) electrons. The molecule has 2 aromatic rings. The van der Waals surface area contributed by atoms with Crippen molar-refractivity contribution in [1.82, 2.24) is 4.90 Å². The Kier molecular flexibility index (Phi) is 4.42. The van der Waals surface area contributed by atoms with Gasteiger partial charge in [-0.05, 0) is 49.4 Å². The molecule has 140 valence electrons. The zero-order chi connectivity index (χ0) is 19.2. The van der Waals surface area contributed by atoms with Crippen molar-refractivity contribution < 1.29 is 19.1 Å². The maximum atomic E-state index is 14.3. The highest BCUT2D eigenvalue weighted by Gasteiger charge is 2.61. The summed E-state index contributed by atoms with van der Waals surface area (Å²) in [6, 6.07) is 12.8. The van der Waals surface area contributed by atoms with Crippen molar-refractivity contribution in [3.63, 3.8) is 0 Å². The molecule has 0 aliphatic carbocycles. The monoisotopic (exact) mass is 387 g/mol. The van der Waals surface area contributed by atoms with Crippen molar-refractivity contribution in [2.75, 3.05) is 0 Å². The Balaban J connectivity index is 1.68. The van der Waals surface area contributed by atoms with Crippen LogP contribution in [0.4, 0.5) is 4.39 Å². The van der Waals surface area contributed by atoms with E-state index in [1.54, 1.807) is 4.90 Å². The average Bonchev–Trinajstić information content (AvgIpc) is 3.18. The van der Waals surface area contributed by atoms with Crippen molar-refractivity contribution in [3.05, 3.63) is 70.5 Å². The Hall–Kier alpha value is -2.40. The first kappa shape index (κ1) is 18.0. The van der Waals surface area contributed by atoms with Gasteiger partial charge in [0.05, 0.1) is 11.0 Å². The van der Waals surface area contributed by atoms with E-state index in [4.69, 9.17) is 11.6 Å². The molecule has 0 saturated carbocycles. The maximum absolute atomic E-state index is 14.3. The Bertz CT molecular complexity index is 904. The van der Waals surface area contributed by atoms with E-state index in [2.05, 4.69) is 0 Å². The van der Waals surface area contributed by atoms with Gasteiger partial charge in [0.2, 0.25) is 0 Å². The van der Waals surface area contributed by atoms with Gasteiger partial charge in [0.1, 0.15) is 5.82 Å². The zero-order valence-corrected chi connectivity index (χ0v) is 15.3. The predicted octanol–water partition coefficient (Wildman–Crippen LogP) is 4.17. The highest BCUT2D eigenvalue weighted by atomic mass is 35.5. The smallest absolute Gasteiger partial charge is 0.312 e. The molecule has 2 heterocycles. The molecular formula is C21H19ClFNO3. The first-order chi connectivity index (χ1) is 12.9. The molecule has 6 heteroatoms. The van der Waals surface area contributed by atoms with Crippen LogP contribution in [0.1, 0.15) is 35.2 Å². The average molecular weight is 388 g/mol. The molecule has 2 saturated heterocycles. The quantitative estimate of drug-likeness (QED) is 0.856. The zero-order valence-electron chi connectivity index (χ0n) is 14.6. The molecule has 3 atom stereocenters. The molecule has 2 aromatic carbocycles. The van der Waals surface area contributed by atoms with Crippen LogP contribution in [-0.2, 0) is 11.2 Å². The number of amides is 1. The van der Waals surface area contributed by atoms with Gasteiger partial charge in [-0.15, -0.1) is 0 Å². The van der Waals surface area contributed by atoms with Gasteiger partial charge in [-0.25, -0.2) is 4.39 Å². The second-order valence-electron chi connectivity index (χ2n) is 7.41. The number of rotatable bonds is 4. The summed E-state index contributed by atoms with van der Waals surface area (Å²) in [6.45, 7) is 0.